The summed E-state index contributed by atoms with van der Waals surface area (Å²) in [5, 5.41) is 11.4. The largest absolute Gasteiger partial charge is 0.323 e. The first kappa shape index (κ1) is 16.4. The number of halogens is 1. The third-order valence-electron chi connectivity index (χ3n) is 3.57. The average molecular weight is 325 g/mol. The number of anilines is 1. The van der Waals surface area contributed by atoms with Gasteiger partial charge >= 0.3 is 0 Å². The number of piperidine rings is 1. The van der Waals surface area contributed by atoms with Crippen molar-refractivity contribution in [2.75, 3.05) is 18.1 Å². The molecule has 1 fully saturated rings. The van der Waals surface area contributed by atoms with Gasteiger partial charge in [-0.3, -0.25) is 4.79 Å². The monoisotopic (exact) mass is 325 g/mol. The van der Waals surface area contributed by atoms with Crippen LogP contribution in [0.1, 0.15) is 24.8 Å². The molecule has 0 aliphatic carbocycles. The molecule has 1 atom stereocenters. The molecule has 6 nitrogen and oxygen atoms in total. The molecule has 1 aliphatic heterocycles. The van der Waals surface area contributed by atoms with E-state index in [0.717, 1.165) is 23.0 Å². The third-order valence-corrected chi connectivity index (χ3v) is 4.85. The summed E-state index contributed by atoms with van der Waals surface area (Å²) < 4.78 is 38.2. The fraction of sp³-hybridized carbons (Fsp3) is 0.429. The lowest BCUT2D eigenvalue weighted by atomic mass is 10.0. The maximum atomic E-state index is 13.5. The lowest BCUT2D eigenvalue weighted by Gasteiger charge is -2.32. The number of nitrogens with one attached hydrogen (secondary N) is 1. The first-order valence-electron chi connectivity index (χ1n) is 6.81. The molecule has 1 aromatic carbocycles. The number of sulfonamides is 1. The zero-order chi connectivity index (χ0) is 16.3. The van der Waals surface area contributed by atoms with Gasteiger partial charge in [-0.25, -0.2) is 12.8 Å². The number of benzene rings is 1. The number of hydrogen-bond donors (Lipinski definition) is 1. The molecule has 1 N–H and O–H groups in total. The van der Waals surface area contributed by atoms with E-state index >= 15 is 0 Å². The van der Waals surface area contributed by atoms with Gasteiger partial charge in [-0.1, -0.05) is 12.5 Å². The lowest BCUT2D eigenvalue weighted by Crippen LogP contribution is -2.49. The standard InChI is InChI=1S/C14H16FN3O3S/c1-22(20,21)18-8-3-2-7-13(18)14(19)17-12-6-4-5-11(15)10(12)9-16/h4-6,13H,2-3,7-8H2,1H3,(H,17,19)/t13-/m0/s1. The minimum absolute atomic E-state index is 0.0477. The molecule has 22 heavy (non-hydrogen) atoms. The highest BCUT2D eigenvalue weighted by molar-refractivity contribution is 7.88. The Morgan fingerprint density at radius 3 is 2.82 bits per heavy atom. The second-order valence-electron chi connectivity index (χ2n) is 5.15. The fourth-order valence-corrected chi connectivity index (χ4v) is 3.65. The first-order chi connectivity index (χ1) is 10.3. The predicted octanol–water partition coefficient (Wildman–Crippen LogP) is 1.45. The van der Waals surface area contributed by atoms with E-state index in [1.807, 2.05) is 0 Å². The fourth-order valence-electron chi connectivity index (χ4n) is 2.52. The predicted molar refractivity (Wildman–Crippen MR) is 78.9 cm³/mol. The van der Waals surface area contributed by atoms with E-state index in [0.29, 0.717) is 12.8 Å². The van der Waals surface area contributed by atoms with Gasteiger partial charge in [0.05, 0.1) is 11.9 Å². The zero-order valence-electron chi connectivity index (χ0n) is 12.0. The second kappa shape index (κ2) is 6.42. The van der Waals surface area contributed by atoms with Crippen LogP contribution in [0.15, 0.2) is 18.2 Å². The number of nitriles is 1. The summed E-state index contributed by atoms with van der Waals surface area (Å²) in [5.41, 5.74) is -0.218. The summed E-state index contributed by atoms with van der Waals surface area (Å²) in [7, 11) is -3.50. The van der Waals surface area contributed by atoms with Gasteiger partial charge in [0, 0.05) is 6.54 Å². The molecular weight excluding hydrogens is 309 g/mol. The van der Waals surface area contributed by atoms with Crippen LogP contribution in [-0.2, 0) is 14.8 Å². The molecule has 1 saturated heterocycles. The van der Waals surface area contributed by atoms with Crippen molar-refractivity contribution < 1.29 is 17.6 Å². The quantitative estimate of drug-likeness (QED) is 0.910. The molecule has 0 aromatic heterocycles. The number of hydrogen-bond acceptors (Lipinski definition) is 4. The van der Waals surface area contributed by atoms with Gasteiger partial charge in [-0.05, 0) is 25.0 Å². The lowest BCUT2D eigenvalue weighted by molar-refractivity contribution is -0.120. The Bertz CT molecular complexity index is 727. The molecule has 0 radical (unpaired) electrons. The maximum Gasteiger partial charge on any atom is 0.242 e. The molecule has 1 amide bonds. The topological polar surface area (TPSA) is 90.3 Å². The van der Waals surface area contributed by atoms with Crippen LogP contribution in [-0.4, -0.2) is 37.5 Å². The highest BCUT2D eigenvalue weighted by Crippen LogP contribution is 2.23. The molecule has 0 bridgehead atoms. The van der Waals surface area contributed by atoms with Gasteiger partial charge in [0.25, 0.3) is 0 Å². The van der Waals surface area contributed by atoms with Crippen LogP contribution in [0.2, 0.25) is 0 Å². The van der Waals surface area contributed by atoms with Crippen molar-refractivity contribution in [2.45, 2.75) is 25.3 Å². The van der Waals surface area contributed by atoms with Crippen LogP contribution in [0.25, 0.3) is 0 Å². The Morgan fingerprint density at radius 1 is 1.45 bits per heavy atom. The van der Waals surface area contributed by atoms with Gasteiger partial charge in [0.1, 0.15) is 23.5 Å². The van der Waals surface area contributed by atoms with Gasteiger partial charge in [-0.2, -0.15) is 9.57 Å². The van der Waals surface area contributed by atoms with Crippen LogP contribution in [0.5, 0.6) is 0 Å². The van der Waals surface area contributed by atoms with Crippen molar-refractivity contribution in [1.82, 2.24) is 4.31 Å². The summed E-state index contributed by atoms with van der Waals surface area (Å²) in [5.74, 6) is -1.28. The Labute approximate surface area is 128 Å². The van der Waals surface area contributed by atoms with Crippen molar-refractivity contribution in [3.8, 4) is 6.07 Å². The van der Waals surface area contributed by atoms with Crippen molar-refractivity contribution >= 4 is 21.6 Å². The average Bonchev–Trinajstić information content (AvgIpc) is 2.46. The Kier molecular flexibility index (Phi) is 4.78. The molecule has 0 saturated carbocycles. The van der Waals surface area contributed by atoms with E-state index in [-0.39, 0.29) is 17.8 Å². The molecular formula is C14H16FN3O3S. The molecule has 1 aromatic rings. The van der Waals surface area contributed by atoms with Crippen LogP contribution in [0, 0.1) is 17.1 Å². The van der Waals surface area contributed by atoms with Crippen molar-refractivity contribution in [3.63, 3.8) is 0 Å². The second-order valence-corrected chi connectivity index (χ2v) is 7.08. The molecule has 8 heteroatoms. The van der Waals surface area contributed by atoms with E-state index in [1.165, 1.54) is 12.1 Å². The van der Waals surface area contributed by atoms with E-state index in [4.69, 9.17) is 5.26 Å². The number of carbonyl (C=O) groups is 1. The number of rotatable bonds is 3. The minimum Gasteiger partial charge on any atom is -0.323 e. The molecule has 1 aliphatic rings. The molecule has 0 unspecified atom stereocenters. The normalized spacial score (nSPS) is 19.4. The van der Waals surface area contributed by atoms with Gasteiger partial charge in [0.2, 0.25) is 15.9 Å². The number of carbonyl (C=O) groups excluding carboxylic acids is 1. The van der Waals surface area contributed by atoms with Gasteiger partial charge < -0.3 is 5.32 Å². The van der Waals surface area contributed by atoms with Crippen molar-refractivity contribution in [3.05, 3.63) is 29.6 Å². The van der Waals surface area contributed by atoms with Crippen LogP contribution >= 0.6 is 0 Å². The molecule has 0 spiro atoms. The summed E-state index contributed by atoms with van der Waals surface area (Å²) in [6.07, 6.45) is 2.89. The summed E-state index contributed by atoms with van der Waals surface area (Å²) in [6, 6.07) is 4.77. The van der Waals surface area contributed by atoms with Gasteiger partial charge in [-0.15, -0.1) is 0 Å². The summed E-state index contributed by atoms with van der Waals surface area (Å²) in [6.45, 7) is 0.283. The molecule has 2 rings (SSSR count). The maximum absolute atomic E-state index is 13.5. The number of nitrogens with zero attached hydrogens (tertiary/aromatic N) is 2. The smallest absolute Gasteiger partial charge is 0.242 e. The summed E-state index contributed by atoms with van der Waals surface area (Å²) in [4.78, 5) is 12.4. The Balaban J connectivity index is 2.25. The van der Waals surface area contributed by atoms with Crippen LogP contribution < -0.4 is 5.32 Å². The minimum atomic E-state index is -3.50. The molecule has 1 heterocycles. The Morgan fingerprint density at radius 2 is 2.18 bits per heavy atom. The SMILES string of the molecule is CS(=O)(=O)N1CCCC[C@H]1C(=O)Nc1cccc(F)c1C#N. The van der Waals surface area contributed by atoms with Crippen molar-refractivity contribution in [2.24, 2.45) is 0 Å². The van der Waals surface area contributed by atoms with Gasteiger partial charge in [0.15, 0.2) is 0 Å². The summed E-state index contributed by atoms with van der Waals surface area (Å²) >= 11 is 0. The van der Waals surface area contributed by atoms with Crippen LogP contribution in [0.3, 0.4) is 0 Å². The highest BCUT2D eigenvalue weighted by atomic mass is 32.2. The van der Waals surface area contributed by atoms with E-state index in [1.54, 1.807) is 6.07 Å². The highest BCUT2D eigenvalue weighted by Gasteiger charge is 2.34. The van der Waals surface area contributed by atoms with E-state index in [9.17, 15) is 17.6 Å². The zero-order valence-corrected chi connectivity index (χ0v) is 12.9. The van der Waals surface area contributed by atoms with E-state index < -0.39 is 27.8 Å². The number of amides is 1. The molecule has 118 valence electrons. The Hall–Kier alpha value is -1.98. The van der Waals surface area contributed by atoms with Crippen LogP contribution in [0.4, 0.5) is 10.1 Å². The van der Waals surface area contributed by atoms with E-state index in [2.05, 4.69) is 5.32 Å². The third kappa shape index (κ3) is 3.43. The van der Waals surface area contributed by atoms with Crippen molar-refractivity contribution in [1.29, 1.82) is 5.26 Å². The first-order valence-corrected chi connectivity index (χ1v) is 8.65.